The van der Waals surface area contributed by atoms with Gasteiger partial charge in [-0.2, -0.15) is 5.10 Å². The van der Waals surface area contributed by atoms with Crippen molar-refractivity contribution in [3.63, 3.8) is 0 Å². The molecule has 0 saturated carbocycles. The number of nitrogens with zero attached hydrogens (tertiary/aromatic N) is 3. The summed E-state index contributed by atoms with van der Waals surface area (Å²) < 4.78 is 36.2. The molecule has 1 unspecified atom stereocenters. The molecule has 1 aromatic carbocycles. The first-order valence-corrected chi connectivity index (χ1v) is 12.9. The van der Waals surface area contributed by atoms with Crippen LogP contribution in [0.25, 0.3) is 5.52 Å². The van der Waals surface area contributed by atoms with E-state index in [4.69, 9.17) is 23.9 Å². The average Bonchev–Trinajstić information content (AvgIpc) is 3.44. The van der Waals surface area contributed by atoms with Gasteiger partial charge in [0.1, 0.15) is 31.3 Å². The Morgan fingerprint density at radius 2 is 2.00 bits per heavy atom. The van der Waals surface area contributed by atoms with E-state index >= 15 is 0 Å². The first-order chi connectivity index (χ1) is 17.1. The van der Waals surface area contributed by atoms with Gasteiger partial charge in [-0.1, -0.05) is 44.2 Å². The SMILES string of the molecule is CC(C)C(=O)OC[C@@H]1C[C@@H](O)[C@H](c2ccc3c(=N)n(COP(=O)(O)OCc4ccccc4)cnn23)O1. The van der Waals surface area contributed by atoms with Gasteiger partial charge in [-0.3, -0.25) is 23.8 Å². The van der Waals surface area contributed by atoms with Crippen molar-refractivity contribution < 1.29 is 37.9 Å². The van der Waals surface area contributed by atoms with Crippen LogP contribution in [0, 0.1) is 11.3 Å². The number of carbonyl (C=O) groups is 1. The van der Waals surface area contributed by atoms with Gasteiger partial charge < -0.3 is 19.5 Å². The van der Waals surface area contributed by atoms with Gasteiger partial charge in [-0.25, -0.2) is 9.08 Å². The quantitative estimate of drug-likeness (QED) is 0.269. The first kappa shape index (κ1) is 26.2. The number of aliphatic hydroxyl groups is 1. The van der Waals surface area contributed by atoms with Gasteiger partial charge in [0, 0.05) is 6.42 Å². The monoisotopic (exact) mass is 520 g/mol. The predicted molar refractivity (Wildman–Crippen MR) is 125 cm³/mol. The number of aliphatic hydroxyl groups excluding tert-OH is 1. The summed E-state index contributed by atoms with van der Waals surface area (Å²) in [5.41, 5.74) is 1.58. The van der Waals surface area contributed by atoms with Crippen LogP contribution in [0.3, 0.4) is 0 Å². The zero-order valence-corrected chi connectivity index (χ0v) is 20.8. The average molecular weight is 520 g/mol. The summed E-state index contributed by atoms with van der Waals surface area (Å²) in [5, 5.41) is 23.3. The second-order valence-electron chi connectivity index (χ2n) is 8.76. The van der Waals surface area contributed by atoms with Crippen molar-refractivity contribution in [2.45, 2.75) is 51.9 Å². The molecule has 36 heavy (non-hydrogen) atoms. The minimum atomic E-state index is -4.38. The fourth-order valence-electron chi connectivity index (χ4n) is 3.75. The molecule has 194 valence electrons. The largest absolute Gasteiger partial charge is 0.474 e. The molecule has 12 nitrogen and oxygen atoms in total. The topological polar surface area (TPSA) is 158 Å². The molecule has 0 radical (unpaired) electrons. The number of hydrogen-bond acceptors (Lipinski definition) is 9. The summed E-state index contributed by atoms with van der Waals surface area (Å²) in [7, 11) is -4.38. The number of benzene rings is 1. The lowest BCUT2D eigenvalue weighted by Gasteiger charge is -2.16. The van der Waals surface area contributed by atoms with Gasteiger partial charge in [-0.05, 0) is 17.7 Å². The molecule has 3 heterocycles. The Morgan fingerprint density at radius 1 is 1.25 bits per heavy atom. The fourth-order valence-corrected chi connectivity index (χ4v) is 4.41. The molecule has 0 amide bonds. The van der Waals surface area contributed by atoms with Crippen molar-refractivity contribution in [3.8, 4) is 0 Å². The van der Waals surface area contributed by atoms with Crippen molar-refractivity contribution in [1.29, 1.82) is 5.41 Å². The summed E-state index contributed by atoms with van der Waals surface area (Å²) in [6, 6.07) is 12.2. The second kappa shape index (κ2) is 11.0. The predicted octanol–water partition coefficient (Wildman–Crippen LogP) is 2.30. The highest BCUT2D eigenvalue weighted by Gasteiger charge is 2.37. The van der Waals surface area contributed by atoms with E-state index in [-0.39, 0.29) is 37.0 Å². The zero-order chi connectivity index (χ0) is 25.9. The molecule has 4 rings (SSSR count). The number of carbonyl (C=O) groups excluding carboxylic acids is 1. The molecule has 3 aromatic rings. The van der Waals surface area contributed by atoms with Crippen LogP contribution in [0.2, 0.25) is 0 Å². The lowest BCUT2D eigenvalue weighted by atomic mass is 10.1. The number of fused-ring (bicyclic) bond motifs is 1. The van der Waals surface area contributed by atoms with E-state index in [2.05, 4.69) is 5.10 Å². The smallest absolute Gasteiger partial charge is 0.463 e. The van der Waals surface area contributed by atoms with E-state index in [1.807, 2.05) is 6.07 Å². The van der Waals surface area contributed by atoms with Crippen LogP contribution in [-0.4, -0.2) is 49.0 Å². The van der Waals surface area contributed by atoms with Crippen LogP contribution in [0.5, 0.6) is 0 Å². The lowest BCUT2D eigenvalue weighted by molar-refractivity contribution is -0.151. The maximum Gasteiger partial charge on any atom is 0.474 e. The third kappa shape index (κ3) is 6.09. The Balaban J connectivity index is 1.41. The molecule has 1 aliphatic rings. The summed E-state index contributed by atoms with van der Waals surface area (Å²) in [6.07, 6.45) is -0.478. The number of phosphoric acid groups is 1. The van der Waals surface area contributed by atoms with Crippen molar-refractivity contribution in [3.05, 3.63) is 65.5 Å². The molecule has 1 aliphatic heterocycles. The van der Waals surface area contributed by atoms with E-state index < -0.39 is 32.9 Å². The third-order valence-electron chi connectivity index (χ3n) is 5.69. The Bertz CT molecular complexity index is 1310. The number of aromatic nitrogens is 3. The van der Waals surface area contributed by atoms with Gasteiger partial charge in [0.25, 0.3) is 0 Å². The molecule has 3 N–H and O–H groups in total. The van der Waals surface area contributed by atoms with Crippen molar-refractivity contribution in [1.82, 2.24) is 14.2 Å². The molecule has 0 aliphatic carbocycles. The maximum absolute atomic E-state index is 12.2. The molecule has 1 fully saturated rings. The summed E-state index contributed by atoms with van der Waals surface area (Å²) in [5.74, 6) is -0.595. The maximum atomic E-state index is 12.2. The van der Waals surface area contributed by atoms with E-state index in [9.17, 15) is 19.4 Å². The number of phosphoric ester groups is 1. The zero-order valence-electron chi connectivity index (χ0n) is 19.9. The van der Waals surface area contributed by atoms with Crippen LogP contribution >= 0.6 is 7.82 Å². The minimum Gasteiger partial charge on any atom is -0.463 e. The minimum absolute atomic E-state index is 0.0331. The summed E-state index contributed by atoms with van der Waals surface area (Å²) >= 11 is 0. The molecule has 4 atom stereocenters. The molecular weight excluding hydrogens is 491 g/mol. The van der Waals surface area contributed by atoms with Crippen molar-refractivity contribution in [2.75, 3.05) is 6.61 Å². The highest BCUT2D eigenvalue weighted by Crippen LogP contribution is 2.44. The van der Waals surface area contributed by atoms with Crippen LogP contribution < -0.4 is 5.49 Å². The Hall–Kier alpha value is -2.86. The van der Waals surface area contributed by atoms with Gasteiger partial charge in [0.05, 0.1) is 30.4 Å². The first-order valence-electron chi connectivity index (χ1n) is 11.4. The van der Waals surface area contributed by atoms with Crippen molar-refractivity contribution >= 4 is 19.3 Å². The standard InChI is InChI=1S/C23H29N4O8P/c1-15(2)23(29)32-12-17-10-20(28)21(35-17)18-8-9-19-22(24)26(13-25-27(18)19)14-34-36(30,31)33-11-16-6-4-3-5-7-16/h3-9,13,15,17,20-21,24,28H,10-12,14H2,1-2H3,(H,30,31)/t17-,20+,21-/m0/s1. The van der Waals surface area contributed by atoms with E-state index in [0.29, 0.717) is 16.8 Å². The Labute approximate surface area is 207 Å². The Kier molecular flexibility index (Phi) is 8.04. The van der Waals surface area contributed by atoms with Crippen LogP contribution in [-0.2, 0) is 41.2 Å². The number of ether oxygens (including phenoxy) is 2. The normalized spacial score (nSPS) is 21.6. The molecule has 1 saturated heterocycles. The van der Waals surface area contributed by atoms with Gasteiger partial charge >= 0.3 is 13.8 Å². The second-order valence-corrected chi connectivity index (χ2v) is 10.2. The highest BCUT2D eigenvalue weighted by molar-refractivity contribution is 7.47. The fraction of sp³-hybridized carbons (Fsp3) is 0.435. The van der Waals surface area contributed by atoms with Gasteiger partial charge in [0.2, 0.25) is 0 Å². The van der Waals surface area contributed by atoms with Crippen LogP contribution in [0.4, 0.5) is 0 Å². The Morgan fingerprint density at radius 3 is 2.72 bits per heavy atom. The highest BCUT2D eigenvalue weighted by atomic mass is 31.2. The molecule has 0 bridgehead atoms. The van der Waals surface area contributed by atoms with E-state index in [1.165, 1.54) is 15.4 Å². The molecular formula is C23H29N4O8P. The summed E-state index contributed by atoms with van der Waals surface area (Å²) in [4.78, 5) is 21.7. The van der Waals surface area contributed by atoms with Gasteiger partial charge in [-0.15, -0.1) is 0 Å². The van der Waals surface area contributed by atoms with E-state index in [0.717, 1.165) is 0 Å². The van der Waals surface area contributed by atoms with Crippen LogP contribution in [0.1, 0.15) is 37.6 Å². The number of nitrogens with one attached hydrogen (secondary N) is 1. The van der Waals surface area contributed by atoms with Crippen LogP contribution in [0.15, 0.2) is 48.8 Å². The number of esters is 1. The molecule has 2 aromatic heterocycles. The molecule has 13 heteroatoms. The lowest BCUT2D eigenvalue weighted by Crippen LogP contribution is -2.25. The number of hydrogen-bond donors (Lipinski definition) is 3. The summed E-state index contributed by atoms with van der Waals surface area (Å²) in [6.45, 7) is 2.97. The van der Waals surface area contributed by atoms with Gasteiger partial charge in [0.15, 0.2) is 5.49 Å². The van der Waals surface area contributed by atoms with Crippen molar-refractivity contribution in [2.24, 2.45) is 5.92 Å². The number of rotatable bonds is 10. The molecule has 0 spiro atoms. The van der Waals surface area contributed by atoms with E-state index in [1.54, 1.807) is 50.2 Å². The third-order valence-corrected chi connectivity index (χ3v) is 6.58.